The van der Waals surface area contributed by atoms with Crippen LogP contribution in [0.4, 0.5) is 0 Å². The SMILES string of the molecule is Cc1ccoc1C(=O)N1CCCC1C1CCCN1C. The third-order valence-electron chi connectivity index (χ3n) is 4.64. The molecule has 0 saturated carbocycles. The maximum absolute atomic E-state index is 12.6. The van der Waals surface area contributed by atoms with Gasteiger partial charge < -0.3 is 14.2 Å². The lowest BCUT2D eigenvalue weighted by molar-refractivity contribution is 0.0632. The number of furan rings is 1. The molecule has 1 aromatic rings. The third kappa shape index (κ3) is 2.18. The van der Waals surface area contributed by atoms with E-state index in [0.29, 0.717) is 17.8 Å². The Morgan fingerprint density at radius 2 is 2.00 bits per heavy atom. The first kappa shape index (κ1) is 12.7. The van der Waals surface area contributed by atoms with Gasteiger partial charge in [0.25, 0.3) is 5.91 Å². The van der Waals surface area contributed by atoms with Crippen molar-refractivity contribution in [2.24, 2.45) is 0 Å². The van der Waals surface area contributed by atoms with Crippen molar-refractivity contribution < 1.29 is 9.21 Å². The average molecular weight is 262 g/mol. The smallest absolute Gasteiger partial charge is 0.290 e. The van der Waals surface area contributed by atoms with Crippen LogP contribution in [-0.2, 0) is 0 Å². The van der Waals surface area contributed by atoms with E-state index >= 15 is 0 Å². The fourth-order valence-corrected chi connectivity index (χ4v) is 3.59. The van der Waals surface area contributed by atoms with Crippen LogP contribution in [0.2, 0.25) is 0 Å². The zero-order valence-corrected chi connectivity index (χ0v) is 11.8. The number of hydrogen-bond acceptors (Lipinski definition) is 3. The van der Waals surface area contributed by atoms with Crippen molar-refractivity contribution in [2.45, 2.75) is 44.7 Å². The highest BCUT2D eigenvalue weighted by atomic mass is 16.3. The van der Waals surface area contributed by atoms with Crippen molar-refractivity contribution in [3.8, 4) is 0 Å². The van der Waals surface area contributed by atoms with Gasteiger partial charge in [-0.15, -0.1) is 0 Å². The molecule has 4 nitrogen and oxygen atoms in total. The third-order valence-corrected chi connectivity index (χ3v) is 4.64. The fraction of sp³-hybridized carbons (Fsp3) is 0.667. The molecule has 3 heterocycles. The Bertz CT molecular complexity index is 468. The molecule has 104 valence electrons. The van der Waals surface area contributed by atoms with Gasteiger partial charge in [0, 0.05) is 24.2 Å². The number of carbonyl (C=O) groups is 1. The van der Waals surface area contributed by atoms with E-state index in [4.69, 9.17) is 4.42 Å². The molecule has 0 radical (unpaired) electrons. The van der Waals surface area contributed by atoms with Crippen molar-refractivity contribution in [1.29, 1.82) is 0 Å². The molecule has 1 aromatic heterocycles. The van der Waals surface area contributed by atoms with E-state index in [-0.39, 0.29) is 5.91 Å². The lowest BCUT2D eigenvalue weighted by Crippen LogP contribution is -2.47. The quantitative estimate of drug-likeness (QED) is 0.820. The van der Waals surface area contributed by atoms with Crippen LogP contribution in [0.3, 0.4) is 0 Å². The van der Waals surface area contributed by atoms with Gasteiger partial charge in [0.05, 0.1) is 6.26 Å². The van der Waals surface area contributed by atoms with Crippen LogP contribution in [0.25, 0.3) is 0 Å². The number of hydrogen-bond donors (Lipinski definition) is 0. The van der Waals surface area contributed by atoms with Crippen molar-refractivity contribution in [2.75, 3.05) is 20.1 Å². The Balaban J connectivity index is 1.80. The molecule has 2 aliphatic rings. The maximum Gasteiger partial charge on any atom is 0.290 e. The average Bonchev–Trinajstić information content (AvgIpc) is 3.07. The largest absolute Gasteiger partial charge is 0.459 e. The summed E-state index contributed by atoms with van der Waals surface area (Å²) in [6.07, 6.45) is 6.30. The molecule has 2 saturated heterocycles. The highest BCUT2D eigenvalue weighted by molar-refractivity contribution is 5.93. The number of rotatable bonds is 2. The van der Waals surface area contributed by atoms with Crippen LogP contribution in [0.1, 0.15) is 41.8 Å². The Morgan fingerprint density at radius 1 is 1.26 bits per heavy atom. The van der Waals surface area contributed by atoms with Gasteiger partial charge in [-0.05, 0) is 52.3 Å². The van der Waals surface area contributed by atoms with Crippen molar-refractivity contribution in [3.63, 3.8) is 0 Å². The van der Waals surface area contributed by atoms with E-state index < -0.39 is 0 Å². The van der Waals surface area contributed by atoms with Gasteiger partial charge in [0.2, 0.25) is 0 Å². The summed E-state index contributed by atoms with van der Waals surface area (Å²) in [5.41, 5.74) is 0.940. The summed E-state index contributed by atoms with van der Waals surface area (Å²) in [6, 6.07) is 2.76. The van der Waals surface area contributed by atoms with E-state index in [1.807, 2.05) is 17.9 Å². The van der Waals surface area contributed by atoms with Gasteiger partial charge in [0.15, 0.2) is 5.76 Å². The highest BCUT2D eigenvalue weighted by Crippen LogP contribution is 2.30. The van der Waals surface area contributed by atoms with Gasteiger partial charge in [-0.2, -0.15) is 0 Å². The summed E-state index contributed by atoms with van der Waals surface area (Å²) in [5.74, 6) is 0.595. The Hall–Kier alpha value is -1.29. The molecular formula is C15H22N2O2. The van der Waals surface area contributed by atoms with E-state index in [2.05, 4.69) is 11.9 Å². The molecule has 0 bridgehead atoms. The zero-order chi connectivity index (χ0) is 13.4. The first-order valence-corrected chi connectivity index (χ1v) is 7.24. The summed E-state index contributed by atoms with van der Waals surface area (Å²) in [5, 5.41) is 0. The summed E-state index contributed by atoms with van der Waals surface area (Å²) in [6.45, 7) is 3.96. The molecule has 4 heteroatoms. The maximum atomic E-state index is 12.6. The molecule has 1 amide bonds. The molecule has 0 aromatic carbocycles. The molecule has 19 heavy (non-hydrogen) atoms. The lowest BCUT2D eigenvalue weighted by Gasteiger charge is -2.32. The second kappa shape index (κ2) is 5.00. The van der Waals surface area contributed by atoms with Crippen molar-refractivity contribution in [1.82, 2.24) is 9.80 Å². The number of likely N-dealkylation sites (N-methyl/N-ethyl adjacent to an activating group) is 1. The van der Waals surface area contributed by atoms with Crippen LogP contribution < -0.4 is 0 Å². The normalized spacial score (nSPS) is 28.2. The number of amides is 1. The molecule has 0 spiro atoms. The van der Waals surface area contributed by atoms with Gasteiger partial charge >= 0.3 is 0 Å². The first-order valence-electron chi connectivity index (χ1n) is 7.24. The van der Waals surface area contributed by atoms with E-state index in [0.717, 1.165) is 31.5 Å². The van der Waals surface area contributed by atoms with Crippen molar-refractivity contribution in [3.05, 3.63) is 23.7 Å². The Morgan fingerprint density at radius 3 is 2.63 bits per heavy atom. The second-order valence-electron chi connectivity index (χ2n) is 5.83. The van der Waals surface area contributed by atoms with E-state index in [1.54, 1.807) is 6.26 Å². The first-order chi connectivity index (χ1) is 9.18. The monoisotopic (exact) mass is 262 g/mol. The molecular weight excluding hydrogens is 240 g/mol. The zero-order valence-electron chi connectivity index (χ0n) is 11.8. The van der Waals surface area contributed by atoms with Crippen LogP contribution in [0, 0.1) is 6.92 Å². The van der Waals surface area contributed by atoms with E-state index in [9.17, 15) is 4.79 Å². The second-order valence-corrected chi connectivity index (χ2v) is 5.83. The van der Waals surface area contributed by atoms with Crippen molar-refractivity contribution >= 4 is 5.91 Å². The number of carbonyl (C=O) groups excluding carboxylic acids is 1. The van der Waals surface area contributed by atoms with Crippen LogP contribution in [-0.4, -0.2) is 47.9 Å². The summed E-state index contributed by atoms with van der Waals surface area (Å²) in [4.78, 5) is 17.1. The molecule has 2 fully saturated rings. The van der Waals surface area contributed by atoms with Gasteiger partial charge in [-0.1, -0.05) is 0 Å². The molecule has 3 rings (SSSR count). The predicted molar refractivity (Wildman–Crippen MR) is 73.2 cm³/mol. The Labute approximate surface area is 114 Å². The summed E-state index contributed by atoms with van der Waals surface area (Å²) >= 11 is 0. The molecule has 2 unspecified atom stereocenters. The molecule has 0 N–H and O–H groups in total. The minimum atomic E-state index is 0.0744. The minimum absolute atomic E-state index is 0.0744. The fourth-order valence-electron chi connectivity index (χ4n) is 3.59. The highest BCUT2D eigenvalue weighted by Gasteiger charge is 2.39. The summed E-state index contributed by atoms with van der Waals surface area (Å²) < 4.78 is 5.37. The van der Waals surface area contributed by atoms with Gasteiger partial charge in [-0.25, -0.2) is 0 Å². The van der Waals surface area contributed by atoms with Crippen LogP contribution in [0.5, 0.6) is 0 Å². The number of likely N-dealkylation sites (tertiary alicyclic amines) is 2. The van der Waals surface area contributed by atoms with Crippen LogP contribution in [0.15, 0.2) is 16.7 Å². The van der Waals surface area contributed by atoms with Gasteiger partial charge in [0.1, 0.15) is 0 Å². The minimum Gasteiger partial charge on any atom is -0.459 e. The number of aryl methyl sites for hydroxylation is 1. The van der Waals surface area contributed by atoms with Crippen LogP contribution >= 0.6 is 0 Å². The molecule has 2 aliphatic heterocycles. The van der Waals surface area contributed by atoms with E-state index in [1.165, 1.54) is 12.8 Å². The topological polar surface area (TPSA) is 36.7 Å². The lowest BCUT2D eigenvalue weighted by atomic mass is 10.0. The summed E-state index contributed by atoms with van der Waals surface area (Å²) in [7, 11) is 2.18. The molecule has 2 atom stereocenters. The van der Waals surface area contributed by atoms with Gasteiger partial charge in [-0.3, -0.25) is 4.79 Å². The Kier molecular flexibility index (Phi) is 3.35. The molecule has 0 aliphatic carbocycles. The number of nitrogens with zero attached hydrogens (tertiary/aromatic N) is 2. The predicted octanol–water partition coefficient (Wildman–Crippen LogP) is 2.29. The standard InChI is InChI=1S/C15H22N2O2/c1-11-7-10-19-14(11)15(18)17-9-4-6-13(17)12-5-3-8-16(12)2/h7,10,12-13H,3-6,8-9H2,1-2H3.